The van der Waals surface area contributed by atoms with E-state index in [9.17, 15) is 4.79 Å². The molecule has 4 heteroatoms. The van der Waals surface area contributed by atoms with E-state index in [1.165, 1.54) is 0 Å². The molecule has 106 valence electrons. The van der Waals surface area contributed by atoms with Crippen molar-refractivity contribution in [3.05, 3.63) is 0 Å². The fraction of sp³-hybridized carbons (Fsp3) is 0.929. The first kappa shape index (κ1) is 15.4. The molecule has 0 spiro atoms. The topological polar surface area (TPSA) is 44.4 Å². The highest BCUT2D eigenvalue weighted by Crippen LogP contribution is 2.06. The molecule has 4 nitrogen and oxygen atoms in total. The molecule has 1 fully saturated rings. The lowest BCUT2D eigenvalue weighted by Crippen LogP contribution is -2.42. The SMILES string of the molecule is CC(C)N(CCCNC(=O)C1CCCN1)C(C)C. The van der Waals surface area contributed by atoms with Gasteiger partial charge in [-0.25, -0.2) is 0 Å². The molecule has 0 aromatic rings. The van der Waals surface area contributed by atoms with Gasteiger partial charge < -0.3 is 10.6 Å². The summed E-state index contributed by atoms with van der Waals surface area (Å²) in [7, 11) is 0. The number of nitrogens with one attached hydrogen (secondary N) is 2. The average molecular weight is 255 g/mol. The first-order valence-electron chi connectivity index (χ1n) is 7.29. The highest BCUT2D eigenvalue weighted by atomic mass is 16.2. The quantitative estimate of drug-likeness (QED) is 0.675. The first-order chi connectivity index (χ1) is 8.52. The van der Waals surface area contributed by atoms with E-state index in [-0.39, 0.29) is 11.9 Å². The zero-order valence-electron chi connectivity index (χ0n) is 12.3. The van der Waals surface area contributed by atoms with E-state index >= 15 is 0 Å². The Morgan fingerprint density at radius 1 is 1.33 bits per heavy atom. The molecule has 0 radical (unpaired) electrons. The Kier molecular flexibility index (Phi) is 6.65. The third-order valence-corrected chi connectivity index (χ3v) is 3.60. The highest BCUT2D eigenvalue weighted by molar-refractivity contribution is 5.81. The van der Waals surface area contributed by atoms with Crippen molar-refractivity contribution >= 4 is 5.91 Å². The van der Waals surface area contributed by atoms with Gasteiger partial charge in [0.05, 0.1) is 6.04 Å². The number of rotatable bonds is 7. The van der Waals surface area contributed by atoms with Gasteiger partial charge >= 0.3 is 0 Å². The maximum Gasteiger partial charge on any atom is 0.237 e. The predicted molar refractivity (Wildman–Crippen MR) is 75.6 cm³/mol. The monoisotopic (exact) mass is 255 g/mol. The molecule has 1 aliphatic rings. The molecule has 0 bridgehead atoms. The van der Waals surface area contributed by atoms with Gasteiger partial charge in [0.2, 0.25) is 5.91 Å². The third-order valence-electron chi connectivity index (χ3n) is 3.60. The minimum absolute atomic E-state index is 0.0521. The van der Waals surface area contributed by atoms with E-state index in [0.29, 0.717) is 12.1 Å². The Morgan fingerprint density at radius 2 is 2.00 bits per heavy atom. The lowest BCUT2D eigenvalue weighted by molar-refractivity contribution is -0.122. The van der Waals surface area contributed by atoms with Gasteiger partial charge in [-0.3, -0.25) is 9.69 Å². The van der Waals surface area contributed by atoms with Crippen LogP contribution in [0.3, 0.4) is 0 Å². The second-order valence-electron chi connectivity index (χ2n) is 5.72. The zero-order chi connectivity index (χ0) is 13.5. The number of hydrogen-bond acceptors (Lipinski definition) is 3. The highest BCUT2D eigenvalue weighted by Gasteiger charge is 2.21. The Bertz CT molecular complexity index is 239. The lowest BCUT2D eigenvalue weighted by Gasteiger charge is -2.30. The smallest absolute Gasteiger partial charge is 0.237 e. The Balaban J connectivity index is 2.15. The average Bonchev–Trinajstić information content (AvgIpc) is 2.80. The second kappa shape index (κ2) is 7.74. The number of hydrogen-bond donors (Lipinski definition) is 2. The van der Waals surface area contributed by atoms with Gasteiger partial charge in [-0.2, -0.15) is 0 Å². The largest absolute Gasteiger partial charge is 0.355 e. The molecule has 0 aromatic carbocycles. The van der Waals surface area contributed by atoms with Crippen LogP contribution in [0.5, 0.6) is 0 Å². The van der Waals surface area contributed by atoms with Crippen LogP contribution in [-0.4, -0.2) is 48.6 Å². The van der Waals surface area contributed by atoms with Crippen molar-refractivity contribution in [2.24, 2.45) is 0 Å². The molecule has 1 heterocycles. The van der Waals surface area contributed by atoms with Crippen molar-refractivity contribution in [1.29, 1.82) is 0 Å². The molecule has 0 saturated carbocycles. The molecule has 1 rings (SSSR count). The summed E-state index contributed by atoms with van der Waals surface area (Å²) in [5, 5.41) is 6.25. The predicted octanol–water partition coefficient (Wildman–Crippen LogP) is 1.36. The van der Waals surface area contributed by atoms with Crippen LogP contribution in [-0.2, 0) is 4.79 Å². The Hall–Kier alpha value is -0.610. The molecule has 18 heavy (non-hydrogen) atoms. The number of carbonyl (C=O) groups excluding carboxylic acids is 1. The van der Waals surface area contributed by atoms with Gasteiger partial charge in [-0.05, 0) is 53.5 Å². The molecule has 1 saturated heterocycles. The van der Waals surface area contributed by atoms with Crippen LogP contribution in [0.4, 0.5) is 0 Å². The molecule has 1 aliphatic heterocycles. The van der Waals surface area contributed by atoms with Crippen LogP contribution >= 0.6 is 0 Å². The fourth-order valence-electron chi connectivity index (χ4n) is 2.62. The van der Waals surface area contributed by atoms with E-state index in [0.717, 1.165) is 38.9 Å². The summed E-state index contributed by atoms with van der Waals surface area (Å²) in [6, 6.07) is 1.19. The molecule has 0 aliphatic carbocycles. The van der Waals surface area contributed by atoms with Crippen LogP contribution in [0.25, 0.3) is 0 Å². The summed E-state index contributed by atoms with van der Waals surface area (Å²) in [5.41, 5.74) is 0. The first-order valence-corrected chi connectivity index (χ1v) is 7.29. The van der Waals surface area contributed by atoms with Gasteiger partial charge in [0.25, 0.3) is 0 Å². The molecule has 1 atom stereocenters. The Morgan fingerprint density at radius 3 is 2.50 bits per heavy atom. The van der Waals surface area contributed by atoms with E-state index in [1.54, 1.807) is 0 Å². The van der Waals surface area contributed by atoms with Crippen molar-refractivity contribution in [2.45, 2.75) is 65.1 Å². The molecular weight excluding hydrogens is 226 g/mol. The van der Waals surface area contributed by atoms with E-state index < -0.39 is 0 Å². The summed E-state index contributed by atoms with van der Waals surface area (Å²) in [4.78, 5) is 14.2. The summed E-state index contributed by atoms with van der Waals surface area (Å²) in [5.74, 6) is 0.174. The Labute approximate surface area is 111 Å². The van der Waals surface area contributed by atoms with Crippen molar-refractivity contribution in [3.63, 3.8) is 0 Å². The fourth-order valence-corrected chi connectivity index (χ4v) is 2.62. The second-order valence-corrected chi connectivity index (χ2v) is 5.72. The van der Waals surface area contributed by atoms with E-state index in [2.05, 4.69) is 43.2 Å². The third kappa shape index (κ3) is 4.94. The van der Waals surface area contributed by atoms with E-state index in [4.69, 9.17) is 0 Å². The minimum Gasteiger partial charge on any atom is -0.355 e. The van der Waals surface area contributed by atoms with Crippen molar-refractivity contribution < 1.29 is 4.79 Å². The van der Waals surface area contributed by atoms with E-state index in [1.807, 2.05) is 0 Å². The molecule has 0 aromatic heterocycles. The number of amides is 1. The molecular formula is C14H29N3O. The zero-order valence-corrected chi connectivity index (χ0v) is 12.3. The van der Waals surface area contributed by atoms with Gasteiger partial charge in [-0.15, -0.1) is 0 Å². The normalized spacial score (nSPS) is 20.1. The summed E-state index contributed by atoms with van der Waals surface area (Å²) in [6.45, 7) is 11.7. The molecule has 2 N–H and O–H groups in total. The van der Waals surface area contributed by atoms with Crippen LogP contribution < -0.4 is 10.6 Å². The summed E-state index contributed by atoms with van der Waals surface area (Å²) in [6.07, 6.45) is 3.12. The van der Waals surface area contributed by atoms with Gasteiger partial charge in [-0.1, -0.05) is 0 Å². The lowest BCUT2D eigenvalue weighted by atomic mass is 10.2. The van der Waals surface area contributed by atoms with Crippen molar-refractivity contribution in [3.8, 4) is 0 Å². The van der Waals surface area contributed by atoms with Crippen molar-refractivity contribution in [1.82, 2.24) is 15.5 Å². The summed E-state index contributed by atoms with van der Waals surface area (Å²) >= 11 is 0. The van der Waals surface area contributed by atoms with Crippen molar-refractivity contribution in [2.75, 3.05) is 19.6 Å². The maximum atomic E-state index is 11.8. The number of nitrogens with zero attached hydrogens (tertiary/aromatic N) is 1. The van der Waals surface area contributed by atoms with Crippen LogP contribution in [0.2, 0.25) is 0 Å². The number of carbonyl (C=O) groups is 1. The van der Waals surface area contributed by atoms with Gasteiger partial charge in [0, 0.05) is 25.2 Å². The van der Waals surface area contributed by atoms with Crippen LogP contribution in [0.15, 0.2) is 0 Å². The molecule has 1 unspecified atom stereocenters. The van der Waals surface area contributed by atoms with Gasteiger partial charge in [0.15, 0.2) is 0 Å². The van der Waals surface area contributed by atoms with Crippen LogP contribution in [0.1, 0.15) is 47.0 Å². The molecule has 1 amide bonds. The maximum absolute atomic E-state index is 11.8. The summed E-state index contributed by atoms with van der Waals surface area (Å²) < 4.78 is 0. The minimum atomic E-state index is 0.0521. The standard InChI is InChI=1S/C14H29N3O/c1-11(2)17(12(3)4)10-6-9-16-14(18)13-7-5-8-15-13/h11-13,15H,5-10H2,1-4H3,(H,16,18). The van der Waals surface area contributed by atoms with Gasteiger partial charge in [0.1, 0.15) is 0 Å². The van der Waals surface area contributed by atoms with Crippen LogP contribution in [0, 0.1) is 0 Å².